The third-order valence-corrected chi connectivity index (χ3v) is 10.9. The number of rotatable bonds is 7. The first-order valence-electron chi connectivity index (χ1n) is 18.9. The van der Waals surface area contributed by atoms with Gasteiger partial charge in [-0.3, -0.25) is 9.59 Å². The molecule has 4 aliphatic heterocycles. The molecule has 1 amide bonds. The number of carbonyl (C=O) groups excluding carboxylic acids is 1. The van der Waals surface area contributed by atoms with Crippen LogP contribution in [0.3, 0.4) is 0 Å². The van der Waals surface area contributed by atoms with Crippen LogP contribution in [-0.4, -0.2) is 110 Å². The Morgan fingerprint density at radius 2 is 1.39 bits per heavy atom. The van der Waals surface area contributed by atoms with Crippen molar-refractivity contribution in [3.05, 3.63) is 66.1 Å². The number of pyridine rings is 2. The predicted molar refractivity (Wildman–Crippen MR) is 207 cm³/mol. The van der Waals surface area contributed by atoms with E-state index in [1.54, 1.807) is 26.6 Å². The fraction of sp³-hybridized carbons (Fsp3) is 0.475. The molecule has 3 aromatic heterocycles. The third-order valence-electron chi connectivity index (χ3n) is 10.9. The Balaban J connectivity index is 0.000000222. The maximum absolute atomic E-state index is 13.9. The van der Waals surface area contributed by atoms with Crippen molar-refractivity contribution in [1.82, 2.24) is 19.9 Å². The van der Waals surface area contributed by atoms with Crippen molar-refractivity contribution in [2.75, 3.05) is 92.8 Å². The summed E-state index contributed by atoms with van der Waals surface area (Å²) in [6.07, 6.45) is 7.17. The van der Waals surface area contributed by atoms with E-state index in [0.717, 1.165) is 116 Å². The zero-order valence-electron chi connectivity index (χ0n) is 31.4. The van der Waals surface area contributed by atoms with E-state index >= 15 is 0 Å². The molecule has 2 N–H and O–H groups in total. The van der Waals surface area contributed by atoms with Gasteiger partial charge in [0.25, 0.3) is 0 Å². The molecular formula is C40H50N8O6. The van der Waals surface area contributed by atoms with Crippen LogP contribution >= 0.6 is 0 Å². The second-order valence-electron chi connectivity index (χ2n) is 14.2. The van der Waals surface area contributed by atoms with Crippen LogP contribution in [0.15, 0.2) is 54.9 Å². The summed E-state index contributed by atoms with van der Waals surface area (Å²) in [4.78, 5) is 50.8. The molecule has 0 saturated carbocycles. The quantitative estimate of drug-likeness (QED) is 0.268. The Bertz CT molecular complexity index is 1910. The number of benzene rings is 1. The van der Waals surface area contributed by atoms with Crippen LogP contribution in [-0.2, 0) is 20.7 Å². The number of aromatic nitrogens is 4. The van der Waals surface area contributed by atoms with Crippen molar-refractivity contribution in [2.24, 2.45) is 11.8 Å². The highest BCUT2D eigenvalue weighted by atomic mass is 16.5. The number of ether oxygens (including phenoxy) is 3. The second-order valence-corrected chi connectivity index (χ2v) is 14.2. The first-order valence-corrected chi connectivity index (χ1v) is 18.9. The second kappa shape index (κ2) is 16.8. The van der Waals surface area contributed by atoms with E-state index in [1.165, 1.54) is 0 Å². The molecule has 14 heteroatoms. The number of anilines is 4. The molecule has 0 bridgehead atoms. The van der Waals surface area contributed by atoms with Gasteiger partial charge in [0.15, 0.2) is 23.1 Å². The molecule has 0 unspecified atom stereocenters. The number of nitrogens with one attached hydrogen (secondary N) is 1. The number of piperidine rings is 2. The van der Waals surface area contributed by atoms with Crippen molar-refractivity contribution in [3.8, 4) is 22.8 Å². The molecule has 0 aliphatic carbocycles. The van der Waals surface area contributed by atoms with Gasteiger partial charge in [-0.2, -0.15) is 0 Å². The number of aromatic amines is 1. The molecule has 1 aromatic carbocycles. The van der Waals surface area contributed by atoms with Gasteiger partial charge in [-0.05, 0) is 69.0 Å². The van der Waals surface area contributed by atoms with E-state index in [2.05, 4.69) is 54.8 Å². The Hall–Kier alpha value is -5.37. The summed E-state index contributed by atoms with van der Waals surface area (Å²) >= 11 is 0. The Kier molecular flexibility index (Phi) is 11.5. The molecule has 0 atom stereocenters. The number of hydrogen-bond donors (Lipinski definition) is 2. The Morgan fingerprint density at radius 1 is 0.796 bits per heavy atom. The van der Waals surface area contributed by atoms with Gasteiger partial charge in [0, 0.05) is 81.8 Å². The minimum absolute atomic E-state index is 0.0200. The zero-order valence-corrected chi connectivity index (χ0v) is 31.4. The predicted octanol–water partition coefficient (Wildman–Crippen LogP) is 4.82. The lowest BCUT2D eigenvalue weighted by Gasteiger charge is -2.35. The van der Waals surface area contributed by atoms with Crippen LogP contribution in [0.4, 0.5) is 23.3 Å². The standard InChI is InChI=1S/C28H34N6O3.C12H16N2O3/c1-19-5-6-23-21(18-19)25-22(30-28(31-25)33-14-16-37-17-15-33)9-13-34(23)27(35)20-7-11-32(12-8-20)26-24(36-2)4-3-10-29-26;1-17-10-3-2-6-13-11(10)14-7-4-9(5-8-14)12(15)16/h3-6,10,18,20H,7-9,11-17H2,1-2H3,(H,30,31);2-3,6,9H,4-5,7-8H2,1H3,(H,15,16). The summed E-state index contributed by atoms with van der Waals surface area (Å²) in [5.41, 5.74) is 5.22. The lowest BCUT2D eigenvalue weighted by Crippen LogP contribution is -2.43. The van der Waals surface area contributed by atoms with E-state index in [4.69, 9.17) is 24.3 Å². The number of carboxylic acid groups (broad SMARTS) is 1. The molecule has 0 radical (unpaired) electrons. The van der Waals surface area contributed by atoms with Gasteiger partial charge in [-0.15, -0.1) is 0 Å². The summed E-state index contributed by atoms with van der Waals surface area (Å²) in [5.74, 6) is 3.34. The number of imidazole rings is 1. The van der Waals surface area contributed by atoms with Crippen molar-refractivity contribution in [1.29, 1.82) is 0 Å². The topological polar surface area (TPSA) is 149 Å². The van der Waals surface area contributed by atoms with Crippen LogP contribution in [0.1, 0.15) is 36.9 Å². The number of nitrogens with zero attached hydrogens (tertiary/aromatic N) is 7. The average molecular weight is 739 g/mol. The van der Waals surface area contributed by atoms with Crippen LogP contribution in [0.5, 0.6) is 11.5 Å². The fourth-order valence-electron chi connectivity index (χ4n) is 7.83. The van der Waals surface area contributed by atoms with E-state index in [9.17, 15) is 9.59 Å². The van der Waals surface area contributed by atoms with Gasteiger partial charge < -0.3 is 43.9 Å². The van der Waals surface area contributed by atoms with Gasteiger partial charge in [0.1, 0.15) is 0 Å². The smallest absolute Gasteiger partial charge is 0.306 e. The number of fused-ring (bicyclic) bond motifs is 3. The number of aliphatic carboxylic acids is 1. The molecule has 4 aromatic rings. The van der Waals surface area contributed by atoms with Crippen LogP contribution in [0, 0.1) is 18.8 Å². The number of morpholine rings is 1. The average Bonchev–Trinajstić information content (AvgIpc) is 3.60. The lowest BCUT2D eigenvalue weighted by molar-refractivity contribution is -0.142. The molecular weight excluding hydrogens is 688 g/mol. The van der Waals surface area contributed by atoms with E-state index in [0.29, 0.717) is 32.5 Å². The number of amides is 1. The maximum atomic E-state index is 13.9. The number of methoxy groups -OCH3 is 2. The Morgan fingerprint density at radius 3 is 1.96 bits per heavy atom. The van der Waals surface area contributed by atoms with Crippen molar-refractivity contribution in [3.63, 3.8) is 0 Å². The number of aryl methyl sites for hydroxylation is 1. The first kappa shape index (κ1) is 37.0. The minimum Gasteiger partial charge on any atom is -0.493 e. The highest BCUT2D eigenvalue weighted by Crippen LogP contribution is 2.39. The molecule has 8 rings (SSSR count). The summed E-state index contributed by atoms with van der Waals surface area (Å²) < 4.78 is 16.3. The molecule has 14 nitrogen and oxygen atoms in total. The van der Waals surface area contributed by atoms with Gasteiger partial charge in [0.2, 0.25) is 11.9 Å². The fourth-order valence-corrected chi connectivity index (χ4v) is 7.83. The number of carboxylic acids is 1. The maximum Gasteiger partial charge on any atom is 0.306 e. The largest absolute Gasteiger partial charge is 0.493 e. The van der Waals surface area contributed by atoms with Crippen molar-refractivity contribution < 1.29 is 28.9 Å². The van der Waals surface area contributed by atoms with E-state index in [-0.39, 0.29) is 17.7 Å². The SMILES string of the molecule is COc1cccnc1N1CCC(C(=O)N2CCc3[nH]c(N4CCOCC4)nc3-c3cc(C)ccc32)CC1.COc1cccnc1N1CCC(C(=O)O)CC1. The monoisotopic (exact) mass is 738 g/mol. The minimum atomic E-state index is -0.697. The van der Waals surface area contributed by atoms with E-state index in [1.807, 2.05) is 29.2 Å². The van der Waals surface area contributed by atoms with Gasteiger partial charge in [-0.1, -0.05) is 11.6 Å². The highest BCUT2D eigenvalue weighted by molar-refractivity contribution is 6.00. The molecule has 4 aliphatic rings. The van der Waals surface area contributed by atoms with Gasteiger partial charge in [-0.25, -0.2) is 15.0 Å². The molecule has 3 saturated heterocycles. The van der Waals surface area contributed by atoms with E-state index < -0.39 is 5.97 Å². The normalized spacial score (nSPS) is 17.8. The number of hydrogen-bond acceptors (Lipinski definition) is 11. The molecule has 0 spiro atoms. The molecule has 3 fully saturated rings. The summed E-state index contributed by atoms with van der Waals surface area (Å²) in [6.45, 7) is 8.82. The highest BCUT2D eigenvalue weighted by Gasteiger charge is 2.34. The summed E-state index contributed by atoms with van der Waals surface area (Å²) in [7, 11) is 3.29. The van der Waals surface area contributed by atoms with Crippen LogP contribution in [0.2, 0.25) is 0 Å². The number of carbonyl (C=O) groups is 2. The zero-order chi connectivity index (χ0) is 37.6. The van der Waals surface area contributed by atoms with Crippen LogP contribution < -0.4 is 29.1 Å². The van der Waals surface area contributed by atoms with Crippen LogP contribution in [0.25, 0.3) is 11.3 Å². The van der Waals surface area contributed by atoms with Gasteiger partial charge >= 0.3 is 5.97 Å². The lowest BCUT2D eigenvalue weighted by atomic mass is 9.94. The molecule has 7 heterocycles. The van der Waals surface area contributed by atoms with Crippen molar-refractivity contribution >= 4 is 35.1 Å². The first-order chi connectivity index (χ1) is 26.3. The van der Waals surface area contributed by atoms with Crippen molar-refractivity contribution in [2.45, 2.75) is 39.0 Å². The molecule has 54 heavy (non-hydrogen) atoms. The number of H-pyrrole nitrogens is 1. The third kappa shape index (κ3) is 7.93. The summed E-state index contributed by atoms with van der Waals surface area (Å²) in [5, 5.41) is 8.94. The van der Waals surface area contributed by atoms with Gasteiger partial charge in [0.05, 0.1) is 44.7 Å². The summed E-state index contributed by atoms with van der Waals surface area (Å²) in [6, 6.07) is 13.9. The Labute approximate surface area is 316 Å². The molecule has 286 valence electrons.